The molecule has 1 saturated carbocycles. The fraction of sp³-hybridized carbons (Fsp3) is 0.579. The third-order valence-corrected chi connectivity index (χ3v) is 5.15. The Hall–Kier alpha value is -2.38. The molecule has 8 heteroatoms. The molecular formula is C19H24F2N2O4. The van der Waals surface area contributed by atoms with E-state index in [-0.39, 0.29) is 43.6 Å². The number of anilines is 1. The zero-order valence-corrected chi connectivity index (χ0v) is 15.5. The lowest BCUT2D eigenvalue weighted by Crippen LogP contribution is -2.38. The Balaban J connectivity index is 1.68. The van der Waals surface area contributed by atoms with Gasteiger partial charge in [0.25, 0.3) is 0 Å². The number of nitrogens with zero attached hydrogens (tertiary/aromatic N) is 1. The molecule has 148 valence electrons. The van der Waals surface area contributed by atoms with Gasteiger partial charge >= 0.3 is 0 Å². The maximum absolute atomic E-state index is 13.3. The highest BCUT2D eigenvalue weighted by molar-refractivity contribution is 5.99. The van der Waals surface area contributed by atoms with Crippen molar-refractivity contribution in [2.24, 2.45) is 0 Å². The molecule has 0 aromatic heterocycles. The summed E-state index contributed by atoms with van der Waals surface area (Å²) in [6.07, 6.45) is 0.722. The van der Waals surface area contributed by atoms with Crippen molar-refractivity contribution in [3.63, 3.8) is 0 Å². The van der Waals surface area contributed by atoms with E-state index in [1.807, 2.05) is 0 Å². The Labute approximate surface area is 156 Å². The molecule has 1 aromatic rings. The fourth-order valence-corrected chi connectivity index (χ4v) is 3.49. The summed E-state index contributed by atoms with van der Waals surface area (Å²) in [5, 5.41) is 2.79. The number of methoxy groups -OCH3 is 1. The minimum atomic E-state index is -2.61. The van der Waals surface area contributed by atoms with Crippen LogP contribution in [0.15, 0.2) is 18.2 Å². The molecule has 0 radical (unpaired) electrons. The zero-order valence-electron chi connectivity index (χ0n) is 15.5. The van der Waals surface area contributed by atoms with E-state index in [1.165, 1.54) is 12.0 Å². The molecule has 1 aromatic carbocycles. The van der Waals surface area contributed by atoms with Crippen molar-refractivity contribution < 1.29 is 27.8 Å². The van der Waals surface area contributed by atoms with Crippen molar-refractivity contribution in [3.8, 4) is 11.5 Å². The first-order chi connectivity index (χ1) is 12.8. The highest BCUT2D eigenvalue weighted by atomic mass is 19.3. The van der Waals surface area contributed by atoms with E-state index in [0.29, 0.717) is 30.0 Å². The molecule has 1 aliphatic heterocycles. The molecule has 1 atom stereocenters. The Morgan fingerprint density at radius 1 is 1.19 bits per heavy atom. The van der Waals surface area contributed by atoms with Crippen molar-refractivity contribution in [1.82, 2.24) is 4.90 Å². The summed E-state index contributed by atoms with van der Waals surface area (Å²) in [6, 6.07) is 4.45. The predicted octanol–water partition coefficient (Wildman–Crippen LogP) is 3.21. The highest BCUT2D eigenvalue weighted by Crippen LogP contribution is 2.36. The van der Waals surface area contributed by atoms with Crippen LogP contribution < -0.4 is 14.8 Å². The van der Waals surface area contributed by atoms with Gasteiger partial charge in [0, 0.05) is 50.2 Å². The number of halogens is 2. The summed E-state index contributed by atoms with van der Waals surface area (Å²) in [4.78, 5) is 25.5. The van der Waals surface area contributed by atoms with Crippen LogP contribution in [0.25, 0.3) is 0 Å². The molecule has 2 aliphatic rings. The first-order valence-corrected chi connectivity index (χ1v) is 9.07. The molecule has 2 fully saturated rings. The Morgan fingerprint density at radius 3 is 2.44 bits per heavy atom. The Morgan fingerprint density at radius 2 is 1.85 bits per heavy atom. The number of likely N-dealkylation sites (tertiary alicyclic amines) is 1. The van der Waals surface area contributed by atoms with Crippen LogP contribution in [-0.2, 0) is 9.59 Å². The summed E-state index contributed by atoms with van der Waals surface area (Å²) >= 11 is 0. The number of carbonyl (C=O) groups is 2. The van der Waals surface area contributed by atoms with Gasteiger partial charge in [0.15, 0.2) is 0 Å². The lowest BCUT2D eigenvalue weighted by atomic mass is 9.94. The molecule has 1 saturated heterocycles. The Bertz CT molecular complexity index is 716. The number of benzene rings is 1. The van der Waals surface area contributed by atoms with Crippen molar-refractivity contribution in [1.29, 1.82) is 0 Å². The fourth-order valence-electron chi connectivity index (χ4n) is 3.49. The Kier molecular flexibility index (Phi) is 5.53. The van der Waals surface area contributed by atoms with E-state index in [9.17, 15) is 18.4 Å². The zero-order chi connectivity index (χ0) is 19.6. The van der Waals surface area contributed by atoms with Crippen LogP contribution in [0, 0.1) is 0 Å². The smallest absolute Gasteiger partial charge is 0.248 e. The first kappa shape index (κ1) is 19.4. The number of nitrogens with one attached hydrogen (secondary N) is 1. The summed E-state index contributed by atoms with van der Waals surface area (Å²) in [5.74, 6) is -2.01. The third kappa shape index (κ3) is 4.67. The van der Waals surface area contributed by atoms with Crippen LogP contribution in [-0.4, -0.2) is 48.9 Å². The lowest BCUT2D eigenvalue weighted by Gasteiger charge is -2.29. The van der Waals surface area contributed by atoms with E-state index >= 15 is 0 Å². The molecule has 2 amide bonds. The van der Waals surface area contributed by atoms with Crippen molar-refractivity contribution in [2.45, 2.75) is 56.6 Å². The van der Waals surface area contributed by atoms with Gasteiger partial charge in [-0.3, -0.25) is 9.59 Å². The molecule has 6 nitrogen and oxygen atoms in total. The number of likely N-dealkylation sites (N-methyl/N-ethyl adjacent to an activating group) is 1. The number of ether oxygens (including phenoxy) is 2. The largest absolute Gasteiger partial charge is 0.497 e. The maximum Gasteiger partial charge on any atom is 0.248 e. The van der Waals surface area contributed by atoms with Crippen molar-refractivity contribution >= 4 is 17.5 Å². The molecular weight excluding hydrogens is 358 g/mol. The van der Waals surface area contributed by atoms with E-state index in [2.05, 4.69) is 5.32 Å². The maximum atomic E-state index is 13.3. The average Bonchev–Trinajstić information content (AvgIpc) is 2.96. The van der Waals surface area contributed by atoms with Gasteiger partial charge in [-0.1, -0.05) is 0 Å². The van der Waals surface area contributed by atoms with Gasteiger partial charge in [-0.25, -0.2) is 8.78 Å². The van der Waals surface area contributed by atoms with Crippen LogP contribution in [0.2, 0.25) is 0 Å². The second-order valence-electron chi connectivity index (χ2n) is 7.12. The van der Waals surface area contributed by atoms with Gasteiger partial charge in [-0.15, -0.1) is 0 Å². The molecule has 27 heavy (non-hydrogen) atoms. The summed E-state index contributed by atoms with van der Waals surface area (Å²) in [5.41, 5.74) is 0.475. The van der Waals surface area contributed by atoms with Gasteiger partial charge < -0.3 is 19.7 Å². The van der Waals surface area contributed by atoms with Crippen molar-refractivity contribution in [2.75, 3.05) is 19.5 Å². The lowest BCUT2D eigenvalue weighted by molar-refractivity contribution is -0.131. The van der Waals surface area contributed by atoms with E-state index in [1.54, 1.807) is 25.2 Å². The number of carbonyl (C=O) groups excluding carboxylic acids is 2. The number of hydrogen-bond acceptors (Lipinski definition) is 4. The molecule has 0 unspecified atom stereocenters. The van der Waals surface area contributed by atoms with E-state index < -0.39 is 12.0 Å². The third-order valence-electron chi connectivity index (χ3n) is 5.15. The number of amides is 2. The quantitative estimate of drug-likeness (QED) is 0.849. The van der Waals surface area contributed by atoms with Gasteiger partial charge in [0.2, 0.25) is 17.7 Å². The van der Waals surface area contributed by atoms with Crippen LogP contribution in [0.4, 0.5) is 14.5 Å². The second-order valence-corrected chi connectivity index (χ2v) is 7.12. The van der Waals surface area contributed by atoms with Gasteiger partial charge in [0.05, 0.1) is 13.2 Å². The number of alkyl halides is 2. The average molecular weight is 382 g/mol. The SMILES string of the molecule is COc1cc(NC(=O)[C@H]2CCC(=O)N2C)cc(OC2CCC(F)(F)CC2)c1. The second kappa shape index (κ2) is 7.70. The van der Waals surface area contributed by atoms with Gasteiger partial charge in [-0.05, 0) is 19.3 Å². The normalized spacial score (nSPS) is 22.6. The topological polar surface area (TPSA) is 67.9 Å². The van der Waals surface area contributed by atoms with Crippen LogP contribution in [0.1, 0.15) is 38.5 Å². The summed E-state index contributed by atoms with van der Waals surface area (Å²) in [7, 11) is 3.11. The predicted molar refractivity (Wildman–Crippen MR) is 95.2 cm³/mol. The molecule has 1 heterocycles. The van der Waals surface area contributed by atoms with E-state index in [0.717, 1.165) is 0 Å². The first-order valence-electron chi connectivity index (χ1n) is 9.07. The molecule has 0 bridgehead atoms. The van der Waals surface area contributed by atoms with Gasteiger partial charge in [0.1, 0.15) is 17.5 Å². The summed E-state index contributed by atoms with van der Waals surface area (Å²) < 4.78 is 37.7. The summed E-state index contributed by atoms with van der Waals surface area (Å²) in [6.45, 7) is 0. The minimum Gasteiger partial charge on any atom is -0.497 e. The number of rotatable bonds is 5. The molecule has 3 rings (SSSR count). The molecule has 1 aliphatic carbocycles. The monoisotopic (exact) mass is 382 g/mol. The standard InChI is InChI=1S/C19H24F2N2O4/c1-23-16(3-4-17(23)24)18(25)22-12-9-14(26-2)11-15(10-12)27-13-5-7-19(20,21)8-6-13/h9-11,13,16H,3-8H2,1-2H3,(H,22,25)/t16-/m1/s1. The van der Waals surface area contributed by atoms with Crippen LogP contribution in [0.3, 0.4) is 0 Å². The van der Waals surface area contributed by atoms with Crippen LogP contribution >= 0.6 is 0 Å². The minimum absolute atomic E-state index is 0.0566. The molecule has 1 N–H and O–H groups in total. The molecule has 0 spiro atoms. The highest BCUT2D eigenvalue weighted by Gasteiger charge is 2.36. The van der Waals surface area contributed by atoms with Crippen molar-refractivity contribution in [3.05, 3.63) is 18.2 Å². The van der Waals surface area contributed by atoms with Gasteiger partial charge in [-0.2, -0.15) is 0 Å². The van der Waals surface area contributed by atoms with Crippen LogP contribution in [0.5, 0.6) is 11.5 Å². The van der Waals surface area contributed by atoms with E-state index in [4.69, 9.17) is 9.47 Å². The number of hydrogen-bond donors (Lipinski definition) is 1.